The Balaban J connectivity index is 2.05. The lowest BCUT2D eigenvalue weighted by Gasteiger charge is -2.27. The number of nitrogens with one attached hydrogen (secondary N) is 1. The van der Waals surface area contributed by atoms with Crippen LogP contribution in [0.5, 0.6) is 0 Å². The molecule has 1 aromatic carbocycles. The molecule has 0 saturated carbocycles. The zero-order valence-corrected chi connectivity index (χ0v) is 12.4. The smallest absolute Gasteiger partial charge is 0.425 e. The summed E-state index contributed by atoms with van der Waals surface area (Å²) in [4.78, 5) is 11.8. The first-order valence-corrected chi connectivity index (χ1v) is 6.88. The molecule has 1 atom stereocenters. The number of carbonyl (C=O) groups excluding carboxylic acids is 1. The molecule has 0 aliphatic heterocycles. The molecule has 2 N–H and O–H groups in total. The van der Waals surface area contributed by atoms with Crippen LogP contribution in [-0.4, -0.2) is 17.2 Å². The van der Waals surface area contributed by atoms with Crippen molar-refractivity contribution in [2.24, 2.45) is 0 Å². The molecule has 4 nitrogen and oxygen atoms in total. The summed E-state index contributed by atoms with van der Waals surface area (Å²) in [6.07, 6.45) is -5.20. The monoisotopic (exact) mass is 327 g/mol. The Labute approximate surface area is 130 Å². The first-order valence-electron chi connectivity index (χ1n) is 6.88. The summed E-state index contributed by atoms with van der Waals surface area (Å²) in [5, 5.41) is 12.3. The van der Waals surface area contributed by atoms with E-state index in [1.54, 1.807) is 12.1 Å². The zero-order valence-electron chi connectivity index (χ0n) is 12.4. The third-order valence-electron chi connectivity index (χ3n) is 3.42. The minimum absolute atomic E-state index is 0.0746. The SMILES string of the molecule is Cc1ccc(CNC(=O)C[C@@](O)(c2ccco2)C(F)(F)F)cc1. The second-order valence-electron chi connectivity index (χ2n) is 5.27. The van der Waals surface area contributed by atoms with E-state index in [0.717, 1.165) is 23.5 Å². The summed E-state index contributed by atoms with van der Waals surface area (Å²) in [6.45, 7) is 1.97. The van der Waals surface area contributed by atoms with Crippen molar-refractivity contribution in [1.29, 1.82) is 0 Å². The van der Waals surface area contributed by atoms with Crippen molar-refractivity contribution < 1.29 is 27.5 Å². The molecule has 23 heavy (non-hydrogen) atoms. The minimum atomic E-state index is -5.04. The number of alkyl halides is 3. The average molecular weight is 327 g/mol. The van der Waals surface area contributed by atoms with E-state index in [2.05, 4.69) is 9.73 Å². The van der Waals surface area contributed by atoms with E-state index >= 15 is 0 Å². The number of hydrogen-bond donors (Lipinski definition) is 2. The second-order valence-corrected chi connectivity index (χ2v) is 5.27. The summed E-state index contributed by atoms with van der Waals surface area (Å²) in [5.74, 6) is -1.64. The second kappa shape index (κ2) is 6.45. The van der Waals surface area contributed by atoms with E-state index in [0.29, 0.717) is 0 Å². The molecule has 0 spiro atoms. The van der Waals surface area contributed by atoms with Gasteiger partial charge in [-0.3, -0.25) is 4.79 Å². The lowest BCUT2D eigenvalue weighted by atomic mass is 9.95. The number of amides is 1. The van der Waals surface area contributed by atoms with Gasteiger partial charge in [-0.1, -0.05) is 29.8 Å². The normalized spacial score (nSPS) is 14.3. The molecule has 1 heterocycles. The summed E-state index contributed by atoms with van der Waals surface area (Å²) in [5.41, 5.74) is -1.57. The minimum Gasteiger partial charge on any atom is -0.466 e. The van der Waals surface area contributed by atoms with E-state index in [1.807, 2.05) is 19.1 Å². The van der Waals surface area contributed by atoms with Gasteiger partial charge in [0.15, 0.2) is 0 Å². The fraction of sp³-hybridized carbons (Fsp3) is 0.312. The standard InChI is InChI=1S/C16H16F3NO3/c1-11-4-6-12(7-5-11)10-20-14(21)9-15(22,16(17,18)19)13-3-2-8-23-13/h2-8,22H,9-10H2,1H3,(H,20,21)/t15-/m1/s1. The van der Waals surface area contributed by atoms with Crippen LogP contribution in [0, 0.1) is 6.92 Å². The van der Waals surface area contributed by atoms with Crippen LogP contribution in [-0.2, 0) is 16.9 Å². The Morgan fingerprint density at radius 2 is 1.87 bits per heavy atom. The Kier molecular flexibility index (Phi) is 4.79. The molecule has 1 aromatic heterocycles. The van der Waals surface area contributed by atoms with Gasteiger partial charge in [0.05, 0.1) is 12.7 Å². The van der Waals surface area contributed by atoms with Crippen molar-refractivity contribution >= 4 is 5.91 Å². The lowest BCUT2D eigenvalue weighted by Crippen LogP contribution is -2.45. The summed E-state index contributed by atoms with van der Waals surface area (Å²) in [6, 6.07) is 9.39. The molecule has 0 aliphatic rings. The van der Waals surface area contributed by atoms with Gasteiger partial charge in [0.2, 0.25) is 11.5 Å². The number of aryl methyl sites for hydroxylation is 1. The number of carbonyl (C=O) groups is 1. The molecular formula is C16H16F3NO3. The lowest BCUT2D eigenvalue weighted by molar-refractivity contribution is -0.273. The van der Waals surface area contributed by atoms with E-state index in [1.165, 1.54) is 6.07 Å². The molecule has 0 fully saturated rings. The van der Waals surface area contributed by atoms with Crippen LogP contribution < -0.4 is 5.32 Å². The largest absolute Gasteiger partial charge is 0.466 e. The molecule has 0 aliphatic carbocycles. The first kappa shape index (κ1) is 17.1. The van der Waals surface area contributed by atoms with Crippen LogP contribution in [0.25, 0.3) is 0 Å². The van der Waals surface area contributed by atoms with Crippen molar-refractivity contribution in [2.75, 3.05) is 0 Å². The molecule has 1 amide bonds. The van der Waals surface area contributed by atoms with Crippen molar-refractivity contribution in [3.63, 3.8) is 0 Å². The topological polar surface area (TPSA) is 62.5 Å². The number of halogens is 3. The van der Waals surface area contributed by atoms with E-state index in [4.69, 9.17) is 0 Å². The number of benzene rings is 1. The van der Waals surface area contributed by atoms with Crippen LogP contribution in [0.3, 0.4) is 0 Å². The maximum Gasteiger partial charge on any atom is 0.425 e. The van der Waals surface area contributed by atoms with Crippen molar-refractivity contribution in [1.82, 2.24) is 5.32 Å². The van der Waals surface area contributed by atoms with Gasteiger partial charge in [0.25, 0.3) is 0 Å². The van der Waals surface area contributed by atoms with Crippen LogP contribution >= 0.6 is 0 Å². The van der Waals surface area contributed by atoms with Crippen molar-refractivity contribution in [3.8, 4) is 0 Å². The highest BCUT2D eigenvalue weighted by Gasteiger charge is 2.58. The van der Waals surface area contributed by atoms with Crippen LogP contribution in [0.4, 0.5) is 13.2 Å². The maximum atomic E-state index is 13.1. The Morgan fingerprint density at radius 3 is 2.39 bits per heavy atom. The van der Waals surface area contributed by atoms with Gasteiger partial charge in [-0.15, -0.1) is 0 Å². The zero-order chi connectivity index (χ0) is 17.1. The van der Waals surface area contributed by atoms with Gasteiger partial charge in [0.1, 0.15) is 5.76 Å². The van der Waals surface area contributed by atoms with Crippen molar-refractivity contribution in [3.05, 3.63) is 59.5 Å². The van der Waals surface area contributed by atoms with Gasteiger partial charge in [0, 0.05) is 6.54 Å². The fourth-order valence-corrected chi connectivity index (χ4v) is 2.04. The Bertz CT molecular complexity index is 650. The van der Waals surface area contributed by atoms with E-state index < -0.39 is 29.9 Å². The van der Waals surface area contributed by atoms with Crippen LogP contribution in [0.1, 0.15) is 23.3 Å². The third kappa shape index (κ3) is 3.92. The van der Waals surface area contributed by atoms with Gasteiger partial charge in [-0.05, 0) is 24.6 Å². The highest BCUT2D eigenvalue weighted by molar-refractivity contribution is 5.77. The fourth-order valence-electron chi connectivity index (χ4n) is 2.04. The van der Waals surface area contributed by atoms with E-state index in [9.17, 15) is 23.1 Å². The molecule has 0 unspecified atom stereocenters. The highest BCUT2D eigenvalue weighted by Crippen LogP contribution is 2.41. The summed E-state index contributed by atoms with van der Waals surface area (Å²) < 4.78 is 44.1. The summed E-state index contributed by atoms with van der Waals surface area (Å²) >= 11 is 0. The quantitative estimate of drug-likeness (QED) is 0.887. The highest BCUT2D eigenvalue weighted by atomic mass is 19.4. The van der Waals surface area contributed by atoms with Crippen molar-refractivity contribution in [2.45, 2.75) is 31.7 Å². The van der Waals surface area contributed by atoms with E-state index in [-0.39, 0.29) is 6.54 Å². The maximum absolute atomic E-state index is 13.1. The third-order valence-corrected chi connectivity index (χ3v) is 3.42. The molecule has 124 valence electrons. The molecular weight excluding hydrogens is 311 g/mol. The predicted octanol–water partition coefficient (Wildman–Crippen LogP) is 3.04. The van der Waals surface area contributed by atoms with Gasteiger partial charge in [-0.25, -0.2) is 0 Å². The number of rotatable bonds is 5. The summed E-state index contributed by atoms with van der Waals surface area (Å²) in [7, 11) is 0. The Hall–Kier alpha value is -2.28. The Morgan fingerprint density at radius 1 is 1.22 bits per heavy atom. The molecule has 2 aromatic rings. The van der Waals surface area contributed by atoms with Gasteiger partial charge < -0.3 is 14.8 Å². The van der Waals surface area contributed by atoms with Gasteiger partial charge >= 0.3 is 6.18 Å². The predicted molar refractivity (Wildman–Crippen MR) is 76.3 cm³/mol. The van der Waals surface area contributed by atoms with Gasteiger partial charge in [-0.2, -0.15) is 13.2 Å². The molecule has 7 heteroatoms. The number of aliphatic hydroxyl groups is 1. The number of hydrogen-bond acceptors (Lipinski definition) is 3. The molecule has 0 saturated heterocycles. The van der Waals surface area contributed by atoms with Crippen LogP contribution in [0.15, 0.2) is 47.1 Å². The molecule has 2 rings (SSSR count). The first-order chi connectivity index (χ1) is 10.7. The van der Waals surface area contributed by atoms with Crippen LogP contribution in [0.2, 0.25) is 0 Å². The molecule has 0 bridgehead atoms. The number of furan rings is 1. The average Bonchev–Trinajstić information content (AvgIpc) is 3.00. The molecule has 0 radical (unpaired) electrons.